The van der Waals surface area contributed by atoms with Crippen molar-refractivity contribution >= 4 is 16.6 Å². The highest BCUT2D eigenvalue weighted by atomic mass is 29.2. The molecule has 0 aromatic carbocycles. The maximum atomic E-state index is 2.53. The Labute approximate surface area is 81.8 Å². The van der Waals surface area contributed by atoms with Crippen LogP contribution in [0.2, 0.25) is 23.2 Å². The van der Waals surface area contributed by atoms with Gasteiger partial charge in [-0.2, -0.15) is 0 Å². The van der Waals surface area contributed by atoms with E-state index in [0.717, 1.165) is 16.6 Å². The van der Waals surface area contributed by atoms with Crippen LogP contribution in [0.25, 0.3) is 0 Å². The molecule has 0 spiro atoms. The topological polar surface area (TPSA) is 0 Å². The summed E-state index contributed by atoms with van der Waals surface area (Å²) in [5.74, 6) is 0. The van der Waals surface area contributed by atoms with Crippen LogP contribution in [-0.4, -0.2) is 16.6 Å². The van der Waals surface area contributed by atoms with Crippen LogP contribution in [0.1, 0.15) is 41.5 Å². The van der Waals surface area contributed by atoms with E-state index in [4.69, 9.17) is 0 Å². The van der Waals surface area contributed by atoms with Crippen molar-refractivity contribution in [1.82, 2.24) is 0 Å². The van der Waals surface area contributed by atoms with E-state index in [1.807, 2.05) is 0 Å². The van der Waals surface area contributed by atoms with Crippen molar-refractivity contribution in [1.29, 1.82) is 0 Å². The molecule has 0 saturated heterocycles. The molecule has 0 unspecified atom stereocenters. The minimum absolute atomic E-state index is 0.218. The van der Waals surface area contributed by atoms with Gasteiger partial charge in [0.05, 0.1) is 0 Å². The zero-order valence-corrected chi connectivity index (χ0v) is 12.4. The zero-order chi connectivity index (χ0) is 9.94. The number of hydrogen-bond acceptors (Lipinski definition) is 0. The molecule has 0 fully saturated rings. The summed E-state index contributed by atoms with van der Waals surface area (Å²) in [7, 11) is -0.645. The molecule has 12 heavy (non-hydrogen) atoms. The fourth-order valence-corrected chi connectivity index (χ4v) is 17.0. The second-order valence-electron chi connectivity index (χ2n) is 4.93. The Morgan fingerprint density at radius 1 is 0.750 bits per heavy atom. The molecule has 0 bridgehead atoms. The minimum Gasteiger partial charge on any atom is -0.0766 e. The third-order valence-electron chi connectivity index (χ3n) is 3.84. The molecule has 0 aromatic rings. The Hall–Kier alpha value is 0.434. The van der Waals surface area contributed by atoms with Gasteiger partial charge in [-0.3, -0.25) is 0 Å². The Kier molecular flexibility index (Phi) is 4.78. The lowest BCUT2D eigenvalue weighted by Gasteiger charge is -2.42. The molecule has 0 aliphatic carbocycles. The standard InChI is InChI=1S/C10H26Si2/c1-8(2)12(11-7,9(3)4)10(5)6/h8-10H,11H2,1-7H3. The van der Waals surface area contributed by atoms with Gasteiger partial charge in [0, 0.05) is 16.6 Å². The van der Waals surface area contributed by atoms with Gasteiger partial charge < -0.3 is 0 Å². The lowest BCUT2D eigenvalue weighted by atomic mass is 10.5. The third-order valence-corrected chi connectivity index (χ3v) is 22.5. The molecule has 0 aromatic heterocycles. The van der Waals surface area contributed by atoms with Gasteiger partial charge in [0.25, 0.3) is 0 Å². The van der Waals surface area contributed by atoms with Crippen LogP contribution >= 0.6 is 0 Å². The zero-order valence-electron chi connectivity index (χ0n) is 9.94. The lowest BCUT2D eigenvalue weighted by molar-refractivity contribution is 0.847. The van der Waals surface area contributed by atoms with E-state index in [-0.39, 0.29) is 9.04 Å². The van der Waals surface area contributed by atoms with Gasteiger partial charge in [-0.15, -0.1) is 0 Å². The molecule has 0 aliphatic rings. The molecule has 0 heterocycles. The molecule has 0 radical (unpaired) electrons. The first-order valence-electron chi connectivity index (χ1n) is 5.39. The highest BCUT2D eigenvalue weighted by Crippen LogP contribution is 2.40. The molecule has 0 N–H and O–H groups in total. The molecular weight excluding hydrogens is 176 g/mol. The molecule has 0 aliphatic heterocycles. The van der Waals surface area contributed by atoms with Crippen LogP contribution in [0.5, 0.6) is 0 Å². The molecular formula is C10H26Si2. The number of hydrogen-bond donors (Lipinski definition) is 0. The monoisotopic (exact) mass is 202 g/mol. The van der Waals surface area contributed by atoms with Crippen molar-refractivity contribution in [3.8, 4) is 0 Å². The van der Waals surface area contributed by atoms with Gasteiger partial charge in [0.2, 0.25) is 0 Å². The number of rotatable bonds is 4. The van der Waals surface area contributed by atoms with Crippen molar-refractivity contribution in [2.24, 2.45) is 0 Å². The summed E-state index contributed by atoms with van der Waals surface area (Å²) in [4.78, 5) is 0. The van der Waals surface area contributed by atoms with E-state index in [1.165, 1.54) is 0 Å². The fourth-order valence-electron chi connectivity index (χ4n) is 3.22. The summed E-state index contributed by atoms with van der Waals surface area (Å²) in [5, 5.41) is 0. The quantitative estimate of drug-likeness (QED) is 0.613. The van der Waals surface area contributed by atoms with E-state index in [9.17, 15) is 0 Å². The van der Waals surface area contributed by atoms with Gasteiger partial charge in [-0.1, -0.05) is 64.7 Å². The van der Waals surface area contributed by atoms with Gasteiger partial charge >= 0.3 is 0 Å². The van der Waals surface area contributed by atoms with Gasteiger partial charge in [-0.05, 0) is 0 Å². The molecule has 0 rings (SSSR count). The van der Waals surface area contributed by atoms with Crippen molar-refractivity contribution < 1.29 is 0 Å². The average molecular weight is 202 g/mol. The second-order valence-corrected chi connectivity index (χ2v) is 17.1. The highest BCUT2D eigenvalue weighted by Gasteiger charge is 2.40. The molecule has 0 nitrogen and oxygen atoms in total. The van der Waals surface area contributed by atoms with Crippen molar-refractivity contribution in [3.63, 3.8) is 0 Å². The Morgan fingerprint density at radius 3 is 1.00 bits per heavy atom. The summed E-state index contributed by atoms with van der Waals surface area (Å²) >= 11 is 0. The lowest BCUT2D eigenvalue weighted by Crippen LogP contribution is -2.49. The van der Waals surface area contributed by atoms with Gasteiger partial charge in [0.15, 0.2) is 0 Å². The summed E-state index contributed by atoms with van der Waals surface area (Å²) in [6.45, 7) is 17.3. The van der Waals surface area contributed by atoms with E-state index in [1.54, 1.807) is 0 Å². The second kappa shape index (κ2) is 4.61. The molecule has 0 amide bonds. The maximum Gasteiger partial charge on any atom is 0.0474 e. The smallest absolute Gasteiger partial charge is 0.0474 e. The SMILES string of the molecule is C[SiH2][Si](C(C)C)(C(C)C)C(C)C. The third kappa shape index (κ3) is 2.02. The summed E-state index contributed by atoms with van der Waals surface area (Å²) in [5.41, 5.74) is 2.98. The first kappa shape index (κ1) is 12.4. The van der Waals surface area contributed by atoms with Crippen LogP contribution in [0, 0.1) is 0 Å². The Bertz CT molecular complexity index is 106. The maximum absolute atomic E-state index is 2.53. The highest BCUT2D eigenvalue weighted by molar-refractivity contribution is 7.26. The average Bonchev–Trinajstić information content (AvgIpc) is 1.86. The first-order chi connectivity index (χ1) is 5.39. The van der Waals surface area contributed by atoms with Gasteiger partial charge in [-0.25, -0.2) is 0 Å². The van der Waals surface area contributed by atoms with Crippen LogP contribution in [-0.2, 0) is 0 Å². The molecule has 0 atom stereocenters. The van der Waals surface area contributed by atoms with Crippen molar-refractivity contribution in [2.45, 2.75) is 64.7 Å². The van der Waals surface area contributed by atoms with Gasteiger partial charge in [0.1, 0.15) is 0 Å². The Balaban J connectivity index is 4.77. The van der Waals surface area contributed by atoms with Crippen molar-refractivity contribution in [2.75, 3.05) is 0 Å². The molecule has 0 saturated carbocycles. The normalized spacial score (nSPS) is 14.5. The largest absolute Gasteiger partial charge is 0.0766 e. The predicted molar refractivity (Wildman–Crippen MR) is 65.5 cm³/mol. The Morgan fingerprint density at radius 2 is 1.00 bits per heavy atom. The predicted octanol–water partition coefficient (Wildman–Crippen LogP) is 3.38. The van der Waals surface area contributed by atoms with E-state index >= 15 is 0 Å². The van der Waals surface area contributed by atoms with Crippen LogP contribution in [0.15, 0.2) is 0 Å². The van der Waals surface area contributed by atoms with E-state index < -0.39 is 7.59 Å². The van der Waals surface area contributed by atoms with E-state index in [2.05, 4.69) is 48.1 Å². The molecule has 74 valence electrons. The fraction of sp³-hybridized carbons (Fsp3) is 1.00. The van der Waals surface area contributed by atoms with Crippen LogP contribution in [0.3, 0.4) is 0 Å². The first-order valence-corrected chi connectivity index (χ1v) is 11.4. The molecule has 2 heteroatoms. The van der Waals surface area contributed by atoms with Crippen molar-refractivity contribution in [3.05, 3.63) is 0 Å². The van der Waals surface area contributed by atoms with Crippen LogP contribution < -0.4 is 0 Å². The summed E-state index contributed by atoms with van der Waals surface area (Å²) in [6, 6.07) is 0. The van der Waals surface area contributed by atoms with Crippen LogP contribution in [0.4, 0.5) is 0 Å². The summed E-state index contributed by atoms with van der Waals surface area (Å²) < 4.78 is 0. The van der Waals surface area contributed by atoms with E-state index in [0.29, 0.717) is 0 Å². The minimum atomic E-state index is -0.863. The summed E-state index contributed by atoms with van der Waals surface area (Å²) in [6.07, 6.45) is 0.